The van der Waals surface area contributed by atoms with Crippen molar-refractivity contribution in [3.63, 3.8) is 0 Å². The average molecular weight is 409 g/mol. The molecule has 0 aliphatic carbocycles. The van der Waals surface area contributed by atoms with Crippen LogP contribution in [0.3, 0.4) is 0 Å². The largest absolute Gasteiger partial charge is 0.366 e. The second-order valence-electron chi connectivity index (χ2n) is 7.66. The Balaban J connectivity index is 2.04. The van der Waals surface area contributed by atoms with Gasteiger partial charge in [0.05, 0.1) is 11.6 Å². The molecular formula is C23H25BrN2. The van der Waals surface area contributed by atoms with E-state index in [2.05, 4.69) is 72.8 Å². The lowest BCUT2D eigenvalue weighted by atomic mass is 9.79. The molecule has 134 valence electrons. The van der Waals surface area contributed by atoms with Crippen LogP contribution in [-0.2, 0) is 0 Å². The summed E-state index contributed by atoms with van der Waals surface area (Å²) in [6, 6.07) is 16.8. The van der Waals surface area contributed by atoms with Gasteiger partial charge in [0.25, 0.3) is 0 Å². The maximum Gasteiger partial charge on any atom is 0.0998 e. The Bertz CT molecular complexity index is 889. The Labute approximate surface area is 165 Å². The fraction of sp³-hybridized carbons (Fsp3) is 0.348. The summed E-state index contributed by atoms with van der Waals surface area (Å²) in [6.45, 7) is 10.2. The van der Waals surface area contributed by atoms with Crippen LogP contribution in [0.2, 0.25) is 0 Å². The summed E-state index contributed by atoms with van der Waals surface area (Å²) < 4.78 is 0.982. The highest BCUT2D eigenvalue weighted by molar-refractivity contribution is 9.10. The number of nitriles is 1. The molecule has 3 rings (SSSR count). The molecule has 1 aliphatic heterocycles. The number of rotatable bonds is 3. The van der Waals surface area contributed by atoms with Crippen LogP contribution in [0.5, 0.6) is 0 Å². The van der Waals surface area contributed by atoms with Gasteiger partial charge >= 0.3 is 0 Å². The van der Waals surface area contributed by atoms with Crippen molar-refractivity contribution in [1.29, 1.82) is 5.26 Å². The molecule has 1 heterocycles. The second kappa shape index (κ2) is 7.29. The van der Waals surface area contributed by atoms with Crippen molar-refractivity contribution < 1.29 is 0 Å². The van der Waals surface area contributed by atoms with E-state index in [0.29, 0.717) is 11.5 Å². The highest BCUT2D eigenvalue weighted by Crippen LogP contribution is 2.43. The zero-order valence-electron chi connectivity index (χ0n) is 15.9. The smallest absolute Gasteiger partial charge is 0.0998 e. The molecule has 0 N–H and O–H groups in total. The van der Waals surface area contributed by atoms with Gasteiger partial charge in [0.2, 0.25) is 0 Å². The van der Waals surface area contributed by atoms with Crippen molar-refractivity contribution in [2.75, 3.05) is 11.4 Å². The first kappa shape index (κ1) is 18.7. The van der Waals surface area contributed by atoms with E-state index in [1.54, 1.807) is 0 Å². The van der Waals surface area contributed by atoms with Gasteiger partial charge in [-0.1, -0.05) is 41.1 Å². The van der Waals surface area contributed by atoms with Gasteiger partial charge in [-0.05, 0) is 80.1 Å². The van der Waals surface area contributed by atoms with Gasteiger partial charge < -0.3 is 4.90 Å². The van der Waals surface area contributed by atoms with Crippen molar-refractivity contribution in [1.82, 2.24) is 0 Å². The predicted molar refractivity (Wildman–Crippen MR) is 114 cm³/mol. The Hall–Kier alpha value is -2.05. The van der Waals surface area contributed by atoms with E-state index in [4.69, 9.17) is 0 Å². The number of hydrogen-bond acceptors (Lipinski definition) is 2. The number of nitrogens with zero attached hydrogens (tertiary/aromatic N) is 2. The summed E-state index contributed by atoms with van der Waals surface area (Å²) in [6.07, 6.45) is 3.13. The lowest BCUT2D eigenvalue weighted by molar-refractivity contribution is 0.381. The maximum absolute atomic E-state index is 9.63. The molecule has 0 spiro atoms. The number of halogens is 1. The fourth-order valence-corrected chi connectivity index (χ4v) is 4.60. The van der Waals surface area contributed by atoms with Crippen LogP contribution >= 0.6 is 15.9 Å². The van der Waals surface area contributed by atoms with E-state index < -0.39 is 0 Å². The van der Waals surface area contributed by atoms with Crippen molar-refractivity contribution in [2.24, 2.45) is 0 Å². The lowest BCUT2D eigenvalue weighted by Crippen LogP contribution is -2.48. The SMILES string of the molecule is CCN1c2ccc(/C=C(\C#N)c3cccc(Br)c3)cc2C(C)CC1(C)C. The Morgan fingerprint density at radius 2 is 2.08 bits per heavy atom. The van der Waals surface area contributed by atoms with Crippen molar-refractivity contribution in [3.8, 4) is 6.07 Å². The molecular weight excluding hydrogens is 384 g/mol. The molecule has 2 aromatic rings. The summed E-state index contributed by atoms with van der Waals surface area (Å²) in [7, 11) is 0. The standard InChI is InChI=1S/C23H25BrN2/c1-5-26-22-10-9-17(12-21(22)16(2)14-23(26,3)4)11-19(15-25)18-7-6-8-20(24)13-18/h6-13,16H,5,14H2,1-4H3/b19-11+. The van der Waals surface area contributed by atoms with Crippen molar-refractivity contribution in [2.45, 2.75) is 45.6 Å². The summed E-state index contributed by atoms with van der Waals surface area (Å²) in [5.41, 5.74) is 5.59. The molecule has 1 atom stereocenters. The number of benzene rings is 2. The molecule has 2 aromatic carbocycles. The first-order chi connectivity index (χ1) is 12.4. The van der Waals surface area contributed by atoms with Crippen molar-refractivity contribution in [3.05, 3.63) is 63.6 Å². The Kier molecular flexibility index (Phi) is 5.25. The van der Waals surface area contributed by atoms with Gasteiger partial charge in [-0.3, -0.25) is 0 Å². The molecule has 0 saturated heterocycles. The highest BCUT2D eigenvalue weighted by atomic mass is 79.9. The van der Waals surface area contributed by atoms with E-state index in [0.717, 1.165) is 28.6 Å². The van der Waals surface area contributed by atoms with Gasteiger partial charge in [-0.25, -0.2) is 0 Å². The Morgan fingerprint density at radius 1 is 1.31 bits per heavy atom. The lowest BCUT2D eigenvalue weighted by Gasteiger charge is -2.47. The molecule has 0 fully saturated rings. The molecule has 0 saturated carbocycles. The third kappa shape index (κ3) is 3.57. The Morgan fingerprint density at radius 3 is 2.73 bits per heavy atom. The summed E-state index contributed by atoms with van der Waals surface area (Å²) >= 11 is 3.49. The third-order valence-electron chi connectivity index (χ3n) is 5.29. The molecule has 0 aromatic heterocycles. The van der Waals surface area contributed by atoms with Crippen LogP contribution < -0.4 is 4.90 Å². The van der Waals surface area contributed by atoms with E-state index in [1.807, 2.05) is 30.3 Å². The first-order valence-electron chi connectivity index (χ1n) is 9.15. The predicted octanol–water partition coefficient (Wildman–Crippen LogP) is 6.63. The van der Waals surface area contributed by atoms with Crippen LogP contribution in [0.15, 0.2) is 46.9 Å². The molecule has 1 unspecified atom stereocenters. The molecule has 0 amide bonds. The van der Waals surface area contributed by atoms with Crippen LogP contribution in [0.1, 0.15) is 56.7 Å². The van der Waals surface area contributed by atoms with Crippen LogP contribution in [0.4, 0.5) is 5.69 Å². The quantitative estimate of drug-likeness (QED) is 0.421. The highest BCUT2D eigenvalue weighted by Gasteiger charge is 2.35. The van der Waals surface area contributed by atoms with E-state index in [-0.39, 0.29) is 5.54 Å². The fourth-order valence-electron chi connectivity index (χ4n) is 4.20. The molecule has 26 heavy (non-hydrogen) atoms. The minimum atomic E-state index is 0.173. The average Bonchev–Trinajstić information content (AvgIpc) is 2.59. The van der Waals surface area contributed by atoms with Crippen LogP contribution in [0, 0.1) is 11.3 Å². The maximum atomic E-state index is 9.63. The summed E-state index contributed by atoms with van der Waals surface area (Å²) in [4.78, 5) is 2.50. The number of anilines is 1. The topological polar surface area (TPSA) is 27.0 Å². The van der Waals surface area contributed by atoms with Crippen LogP contribution in [-0.4, -0.2) is 12.1 Å². The van der Waals surface area contributed by atoms with Gasteiger partial charge in [0, 0.05) is 22.2 Å². The monoisotopic (exact) mass is 408 g/mol. The molecule has 0 bridgehead atoms. The van der Waals surface area contributed by atoms with Gasteiger partial charge in [0.15, 0.2) is 0 Å². The number of allylic oxidation sites excluding steroid dienone is 1. The van der Waals surface area contributed by atoms with Gasteiger partial charge in [-0.2, -0.15) is 5.26 Å². The van der Waals surface area contributed by atoms with E-state index >= 15 is 0 Å². The second-order valence-corrected chi connectivity index (χ2v) is 8.58. The summed E-state index contributed by atoms with van der Waals surface area (Å²) in [5.74, 6) is 0.507. The van der Waals surface area contributed by atoms with Crippen molar-refractivity contribution >= 4 is 33.3 Å². The number of fused-ring (bicyclic) bond motifs is 1. The zero-order valence-corrected chi connectivity index (χ0v) is 17.5. The number of hydrogen-bond donors (Lipinski definition) is 0. The molecule has 3 heteroatoms. The minimum Gasteiger partial charge on any atom is -0.366 e. The normalized spacial score (nSPS) is 19.0. The third-order valence-corrected chi connectivity index (χ3v) is 5.79. The summed E-state index contributed by atoms with van der Waals surface area (Å²) in [5, 5.41) is 9.63. The van der Waals surface area contributed by atoms with E-state index in [1.165, 1.54) is 11.3 Å². The zero-order chi connectivity index (χ0) is 18.9. The molecule has 0 radical (unpaired) electrons. The van der Waals surface area contributed by atoms with Crippen LogP contribution in [0.25, 0.3) is 11.6 Å². The van der Waals surface area contributed by atoms with Gasteiger partial charge in [0.1, 0.15) is 0 Å². The van der Waals surface area contributed by atoms with Gasteiger partial charge in [-0.15, -0.1) is 0 Å². The minimum absolute atomic E-state index is 0.173. The molecule has 2 nitrogen and oxygen atoms in total. The molecule has 1 aliphatic rings. The van der Waals surface area contributed by atoms with E-state index in [9.17, 15) is 5.26 Å². The first-order valence-corrected chi connectivity index (χ1v) is 9.94.